The quantitative estimate of drug-likeness (QED) is 0.162. The number of aliphatic hydroxyl groups is 4. The van der Waals surface area contributed by atoms with E-state index in [4.69, 9.17) is 9.47 Å². The van der Waals surface area contributed by atoms with Gasteiger partial charge in [-0.15, -0.1) is 0 Å². The van der Waals surface area contributed by atoms with Gasteiger partial charge in [-0.25, -0.2) is 0 Å². The molecule has 11 nitrogen and oxygen atoms in total. The molecule has 0 radical (unpaired) electrons. The van der Waals surface area contributed by atoms with Crippen molar-refractivity contribution in [2.24, 2.45) is 0 Å². The van der Waals surface area contributed by atoms with E-state index in [0.29, 0.717) is 5.56 Å². The average molecular weight is 450 g/mol. The zero-order valence-corrected chi connectivity index (χ0v) is 16.4. The normalized spacial score (nSPS) is 25.7. The van der Waals surface area contributed by atoms with Gasteiger partial charge in [-0.1, -0.05) is 12.1 Å². The highest BCUT2D eigenvalue weighted by molar-refractivity contribution is 6.10. The van der Waals surface area contributed by atoms with E-state index >= 15 is 0 Å². The molecule has 1 aliphatic heterocycles. The average Bonchev–Trinajstić information content (AvgIpc) is 2.74. The largest absolute Gasteiger partial charge is 0.508 e. The molecule has 1 fully saturated rings. The van der Waals surface area contributed by atoms with E-state index in [9.17, 15) is 45.6 Å². The number of aliphatic hydroxyl groups excluding tert-OH is 4. The first-order valence-electron chi connectivity index (χ1n) is 9.40. The highest BCUT2D eigenvalue weighted by atomic mass is 16.7. The fourth-order valence-electron chi connectivity index (χ4n) is 3.12. The summed E-state index contributed by atoms with van der Waals surface area (Å²) in [4.78, 5) is 12.7. The minimum absolute atomic E-state index is 0.347. The second-order valence-corrected chi connectivity index (χ2v) is 7.10. The first kappa shape index (κ1) is 23.3. The molecule has 0 unspecified atom stereocenters. The maximum Gasteiger partial charge on any atom is 0.229 e. The molecule has 8 N–H and O–H groups in total. The Morgan fingerprint density at radius 1 is 0.938 bits per heavy atom. The van der Waals surface area contributed by atoms with Crippen molar-refractivity contribution < 1.29 is 55.1 Å². The van der Waals surface area contributed by atoms with Gasteiger partial charge < -0.3 is 50.3 Å². The first-order chi connectivity index (χ1) is 15.1. The summed E-state index contributed by atoms with van der Waals surface area (Å²) in [6, 6.07) is 5.68. The molecular weight excluding hydrogens is 428 g/mol. The number of hydrogen-bond acceptors (Lipinski definition) is 11. The van der Waals surface area contributed by atoms with Gasteiger partial charge in [-0.3, -0.25) is 4.79 Å². The Balaban J connectivity index is 1.90. The van der Waals surface area contributed by atoms with Crippen LogP contribution in [0.2, 0.25) is 0 Å². The summed E-state index contributed by atoms with van der Waals surface area (Å²) in [7, 11) is 0. The first-order valence-corrected chi connectivity index (χ1v) is 9.40. The predicted octanol–water partition coefficient (Wildman–Crippen LogP) is -0.416. The lowest BCUT2D eigenvalue weighted by Crippen LogP contribution is -2.60. The third-order valence-corrected chi connectivity index (χ3v) is 4.83. The maximum atomic E-state index is 12.7. The third kappa shape index (κ3) is 4.77. The van der Waals surface area contributed by atoms with E-state index < -0.39 is 71.7 Å². The van der Waals surface area contributed by atoms with Gasteiger partial charge >= 0.3 is 0 Å². The molecule has 0 aromatic heterocycles. The standard InChI is InChI=1S/C21H22O11/c22-8-16-18(28)19(29)20(30)21(32-16)31-15-7-10(23)6-14(27)17(15)12(25)4-2-9-1-3-11(24)13(26)5-9/h1-7,16,18-24,26-30H,8H2/b4-2+/t16-,18+,19-,20+,21+/m0/s1. The van der Waals surface area contributed by atoms with E-state index in [1.54, 1.807) is 0 Å². The number of aromatic hydroxyl groups is 4. The summed E-state index contributed by atoms with van der Waals surface area (Å²) in [6.07, 6.45) is -5.77. The van der Waals surface area contributed by atoms with Crippen LogP contribution in [0.5, 0.6) is 28.7 Å². The lowest BCUT2D eigenvalue weighted by atomic mass is 9.99. The number of allylic oxidation sites excluding steroid dienone is 1. The Morgan fingerprint density at radius 3 is 2.31 bits per heavy atom. The van der Waals surface area contributed by atoms with Crippen LogP contribution in [0.4, 0.5) is 0 Å². The van der Waals surface area contributed by atoms with Crippen LogP contribution in [0.25, 0.3) is 6.08 Å². The summed E-state index contributed by atoms with van der Waals surface area (Å²) >= 11 is 0. The lowest BCUT2D eigenvalue weighted by molar-refractivity contribution is -0.277. The van der Waals surface area contributed by atoms with E-state index in [0.717, 1.165) is 18.2 Å². The van der Waals surface area contributed by atoms with Crippen molar-refractivity contribution >= 4 is 11.9 Å². The van der Waals surface area contributed by atoms with Crippen LogP contribution in [-0.2, 0) is 4.74 Å². The van der Waals surface area contributed by atoms with Crippen LogP contribution < -0.4 is 4.74 Å². The van der Waals surface area contributed by atoms with E-state index in [-0.39, 0.29) is 5.75 Å². The maximum absolute atomic E-state index is 12.7. The molecule has 5 atom stereocenters. The van der Waals surface area contributed by atoms with Crippen molar-refractivity contribution in [3.8, 4) is 28.7 Å². The van der Waals surface area contributed by atoms with Crippen LogP contribution in [0.3, 0.4) is 0 Å². The Hall–Kier alpha value is -3.35. The number of phenolic OH excluding ortho intramolecular Hbond substituents is 4. The molecule has 1 aliphatic rings. The second-order valence-electron chi connectivity index (χ2n) is 7.10. The third-order valence-electron chi connectivity index (χ3n) is 4.83. The molecule has 172 valence electrons. The van der Waals surface area contributed by atoms with Crippen molar-refractivity contribution in [2.45, 2.75) is 30.7 Å². The number of hydrogen-bond donors (Lipinski definition) is 8. The lowest BCUT2D eigenvalue weighted by Gasteiger charge is -2.39. The van der Waals surface area contributed by atoms with Gasteiger partial charge in [0.1, 0.15) is 47.2 Å². The van der Waals surface area contributed by atoms with Crippen LogP contribution in [0, 0.1) is 0 Å². The zero-order chi connectivity index (χ0) is 23.6. The summed E-state index contributed by atoms with van der Waals surface area (Å²) in [5, 5.41) is 78.1. The van der Waals surface area contributed by atoms with E-state index in [1.165, 1.54) is 24.3 Å². The van der Waals surface area contributed by atoms with E-state index in [2.05, 4.69) is 0 Å². The topological polar surface area (TPSA) is 197 Å². The van der Waals surface area contributed by atoms with Gasteiger partial charge in [0.15, 0.2) is 17.3 Å². The number of phenols is 4. The van der Waals surface area contributed by atoms with Crippen molar-refractivity contribution in [1.29, 1.82) is 0 Å². The molecule has 0 amide bonds. The smallest absolute Gasteiger partial charge is 0.229 e. The summed E-state index contributed by atoms with van der Waals surface area (Å²) in [6.45, 7) is -0.704. The highest BCUT2D eigenvalue weighted by Gasteiger charge is 2.45. The van der Waals surface area contributed by atoms with Gasteiger partial charge in [-0.2, -0.15) is 0 Å². The Labute approximate surface area is 181 Å². The summed E-state index contributed by atoms with van der Waals surface area (Å²) in [5.74, 6) is -3.10. The molecule has 2 aromatic rings. The molecule has 0 aliphatic carbocycles. The number of rotatable bonds is 6. The van der Waals surface area contributed by atoms with Crippen molar-refractivity contribution in [3.63, 3.8) is 0 Å². The number of carbonyl (C=O) groups is 1. The summed E-state index contributed by atoms with van der Waals surface area (Å²) in [5.41, 5.74) is -0.0673. The second kappa shape index (κ2) is 9.42. The van der Waals surface area contributed by atoms with Crippen LogP contribution in [0.1, 0.15) is 15.9 Å². The summed E-state index contributed by atoms with van der Waals surface area (Å²) < 4.78 is 10.6. The molecule has 2 aromatic carbocycles. The fourth-order valence-corrected chi connectivity index (χ4v) is 3.12. The van der Waals surface area contributed by atoms with Crippen molar-refractivity contribution in [2.75, 3.05) is 6.61 Å². The molecule has 11 heteroatoms. The molecule has 32 heavy (non-hydrogen) atoms. The van der Waals surface area contributed by atoms with Crippen molar-refractivity contribution in [1.82, 2.24) is 0 Å². The minimum Gasteiger partial charge on any atom is -0.508 e. The molecule has 1 heterocycles. The predicted molar refractivity (Wildman–Crippen MR) is 107 cm³/mol. The van der Waals surface area contributed by atoms with Gasteiger partial charge in [0.25, 0.3) is 0 Å². The van der Waals surface area contributed by atoms with Crippen LogP contribution >= 0.6 is 0 Å². The van der Waals surface area contributed by atoms with Crippen LogP contribution in [-0.4, -0.2) is 83.9 Å². The number of benzene rings is 2. The minimum atomic E-state index is -1.78. The Bertz CT molecular complexity index is 1020. The molecule has 3 rings (SSSR count). The molecule has 1 saturated heterocycles. The molecule has 0 spiro atoms. The Morgan fingerprint density at radius 2 is 1.66 bits per heavy atom. The highest BCUT2D eigenvalue weighted by Crippen LogP contribution is 2.36. The molecule has 0 bridgehead atoms. The Kier molecular flexibility index (Phi) is 6.87. The van der Waals surface area contributed by atoms with E-state index in [1.807, 2.05) is 0 Å². The number of ether oxygens (including phenoxy) is 2. The number of carbonyl (C=O) groups excluding carboxylic acids is 1. The number of ketones is 1. The van der Waals surface area contributed by atoms with Gasteiger partial charge in [0.2, 0.25) is 6.29 Å². The van der Waals surface area contributed by atoms with Gasteiger partial charge in [0, 0.05) is 12.1 Å². The van der Waals surface area contributed by atoms with Crippen LogP contribution in [0.15, 0.2) is 36.4 Å². The van der Waals surface area contributed by atoms with Gasteiger partial charge in [-0.05, 0) is 23.8 Å². The monoisotopic (exact) mass is 450 g/mol. The fraction of sp³-hybridized carbons (Fsp3) is 0.286. The van der Waals surface area contributed by atoms with Crippen molar-refractivity contribution in [3.05, 3.63) is 47.5 Å². The zero-order valence-electron chi connectivity index (χ0n) is 16.4. The van der Waals surface area contributed by atoms with Gasteiger partial charge in [0.05, 0.1) is 6.61 Å². The molecular formula is C21H22O11. The molecule has 0 saturated carbocycles. The SMILES string of the molecule is O=C(/C=C/c1ccc(O)c(O)c1)c1c(O)cc(O)cc1O[C@@H]1O[C@@H](CO)[C@@H](O)[C@H](O)[C@H]1O.